The van der Waals surface area contributed by atoms with Gasteiger partial charge < -0.3 is 4.90 Å². The summed E-state index contributed by atoms with van der Waals surface area (Å²) in [5.41, 5.74) is 0. The van der Waals surface area contributed by atoms with Crippen molar-refractivity contribution in [1.29, 1.82) is 0 Å². The molecule has 2 aliphatic rings. The van der Waals surface area contributed by atoms with Crippen LogP contribution in [0.15, 0.2) is 0 Å². The maximum absolute atomic E-state index is 5.50. The fourth-order valence-corrected chi connectivity index (χ4v) is 2.33. The van der Waals surface area contributed by atoms with E-state index in [1.54, 1.807) is 0 Å². The molecule has 0 aromatic rings. The summed E-state index contributed by atoms with van der Waals surface area (Å²) in [5, 5.41) is 2.08. The van der Waals surface area contributed by atoms with E-state index in [4.69, 9.17) is 4.84 Å². The minimum atomic E-state index is 0. The van der Waals surface area contributed by atoms with E-state index in [1.807, 2.05) is 0 Å². The van der Waals surface area contributed by atoms with Crippen molar-refractivity contribution in [3.63, 3.8) is 0 Å². The zero-order valence-corrected chi connectivity index (χ0v) is 16.2. The smallest absolute Gasteiger partial charge is 0.0708 e. The summed E-state index contributed by atoms with van der Waals surface area (Å²) in [4.78, 5) is 8.03. The minimum Gasteiger partial charge on any atom is -0.301 e. The Morgan fingerprint density at radius 1 is 0.773 bits per heavy atom. The molecule has 0 saturated carbocycles. The third-order valence-electron chi connectivity index (χ3n) is 3.53. The summed E-state index contributed by atoms with van der Waals surface area (Å²) in [7, 11) is 0. The molecule has 0 aromatic carbocycles. The summed E-state index contributed by atoms with van der Waals surface area (Å²) in [6.45, 7) is 14.7. The largest absolute Gasteiger partial charge is 0.301 e. The molecule has 22 heavy (non-hydrogen) atoms. The van der Waals surface area contributed by atoms with Crippen LogP contribution < -0.4 is 0 Å². The van der Waals surface area contributed by atoms with Crippen molar-refractivity contribution in [3.05, 3.63) is 0 Å². The molecule has 0 aromatic heterocycles. The van der Waals surface area contributed by atoms with Crippen LogP contribution in [0.2, 0.25) is 0 Å². The summed E-state index contributed by atoms with van der Waals surface area (Å²) in [5.74, 6) is 0.653. The average Bonchev–Trinajstić information content (AvgIpc) is 3.00. The molecule has 0 unspecified atom stereocenters. The van der Waals surface area contributed by atoms with Gasteiger partial charge in [-0.25, -0.2) is 0 Å². The van der Waals surface area contributed by atoms with Crippen LogP contribution in [0.1, 0.15) is 75.7 Å². The Hall–Kier alpha value is 0.984. The quantitative estimate of drug-likeness (QED) is 0.664. The standard InChI is InChI=1S/C8H17NO.C7H15N.3CH4.Y/c1-8(2)7-10-9-5-3-4-6-9;1-7(2)8-5-3-4-6-8;;;;/h8H,3-7H2,1-2H3;7H,3-6H2,1-2H3;3*1H4;. The molecule has 2 saturated heterocycles. The van der Waals surface area contributed by atoms with Crippen LogP contribution in [0.3, 0.4) is 0 Å². The molecule has 0 aliphatic carbocycles. The van der Waals surface area contributed by atoms with Gasteiger partial charge in [0.1, 0.15) is 0 Å². The molecule has 1 radical (unpaired) electrons. The van der Waals surface area contributed by atoms with Crippen LogP contribution in [0.5, 0.6) is 0 Å². The van der Waals surface area contributed by atoms with Gasteiger partial charge in [0.05, 0.1) is 6.61 Å². The van der Waals surface area contributed by atoms with Crippen molar-refractivity contribution in [1.82, 2.24) is 9.96 Å². The zero-order valence-electron chi connectivity index (χ0n) is 13.4. The van der Waals surface area contributed by atoms with Crippen molar-refractivity contribution < 1.29 is 37.5 Å². The molecule has 0 bridgehead atoms. The molecule has 2 heterocycles. The van der Waals surface area contributed by atoms with E-state index in [9.17, 15) is 0 Å². The minimum absolute atomic E-state index is 0. The predicted molar refractivity (Wildman–Crippen MR) is 97.7 cm³/mol. The monoisotopic (exact) mass is 393 g/mol. The average molecular weight is 393 g/mol. The van der Waals surface area contributed by atoms with Crippen molar-refractivity contribution in [2.75, 3.05) is 32.8 Å². The van der Waals surface area contributed by atoms with E-state index in [1.165, 1.54) is 38.8 Å². The molecule has 3 nitrogen and oxygen atoms in total. The molecule has 0 N–H and O–H groups in total. The van der Waals surface area contributed by atoms with E-state index in [0.717, 1.165) is 25.7 Å². The normalized spacial score (nSPS) is 17.7. The molecule has 0 amide bonds. The van der Waals surface area contributed by atoms with Crippen LogP contribution in [0.25, 0.3) is 0 Å². The van der Waals surface area contributed by atoms with Gasteiger partial charge in [-0.05, 0) is 58.5 Å². The van der Waals surface area contributed by atoms with Crippen molar-refractivity contribution in [2.45, 2.75) is 81.7 Å². The van der Waals surface area contributed by atoms with Gasteiger partial charge in [-0.15, -0.1) is 0 Å². The van der Waals surface area contributed by atoms with Gasteiger partial charge in [0.2, 0.25) is 0 Å². The Bertz CT molecular complexity index is 201. The number of rotatable bonds is 4. The fraction of sp³-hybridized carbons (Fsp3) is 1.00. The molecule has 0 spiro atoms. The first kappa shape index (κ1) is 30.8. The number of hydrogen-bond acceptors (Lipinski definition) is 3. The second-order valence-corrected chi connectivity index (χ2v) is 6.16. The molecule has 4 heteroatoms. The van der Waals surface area contributed by atoms with Gasteiger partial charge in [0.15, 0.2) is 0 Å². The van der Waals surface area contributed by atoms with Crippen LogP contribution in [0, 0.1) is 5.92 Å². The second-order valence-electron chi connectivity index (χ2n) is 6.16. The Morgan fingerprint density at radius 3 is 1.50 bits per heavy atom. The predicted octanol–water partition coefficient (Wildman–Crippen LogP) is 5.07. The van der Waals surface area contributed by atoms with Gasteiger partial charge in [0, 0.05) is 51.8 Å². The van der Waals surface area contributed by atoms with Crippen molar-refractivity contribution in [3.8, 4) is 0 Å². The van der Waals surface area contributed by atoms with E-state index >= 15 is 0 Å². The number of hydroxylamine groups is 2. The number of hydrogen-bond donors (Lipinski definition) is 0. The van der Waals surface area contributed by atoms with Gasteiger partial charge in [0.25, 0.3) is 0 Å². The SMILES string of the molecule is C.C.C.CC(C)CON1CCCC1.CC(C)N1CCCC1.[Y]. The first-order chi connectivity index (χ1) is 8.59. The molecular formula is C18H44N2OY. The maximum Gasteiger partial charge on any atom is 0.0708 e. The van der Waals surface area contributed by atoms with Crippen molar-refractivity contribution in [2.24, 2.45) is 5.92 Å². The second kappa shape index (κ2) is 18.3. The zero-order chi connectivity index (χ0) is 13.4. The summed E-state index contributed by atoms with van der Waals surface area (Å²) in [6, 6.07) is 0.775. The molecule has 0 atom stereocenters. The Morgan fingerprint density at radius 2 is 1.18 bits per heavy atom. The van der Waals surface area contributed by atoms with Crippen LogP contribution in [-0.2, 0) is 37.5 Å². The van der Waals surface area contributed by atoms with Crippen LogP contribution in [0.4, 0.5) is 0 Å². The Labute approximate surface area is 167 Å². The van der Waals surface area contributed by atoms with Crippen molar-refractivity contribution >= 4 is 0 Å². The molecule has 2 aliphatic heterocycles. The fourth-order valence-electron chi connectivity index (χ4n) is 2.33. The third kappa shape index (κ3) is 14.6. The number of nitrogens with zero attached hydrogens (tertiary/aromatic N) is 2. The summed E-state index contributed by atoms with van der Waals surface area (Å²) < 4.78 is 0. The first-order valence-corrected chi connectivity index (χ1v) is 7.71. The van der Waals surface area contributed by atoms with Crippen LogP contribution >= 0.6 is 0 Å². The maximum atomic E-state index is 5.50. The topological polar surface area (TPSA) is 15.7 Å². The third-order valence-corrected chi connectivity index (χ3v) is 3.53. The van der Waals surface area contributed by atoms with E-state index in [0.29, 0.717) is 5.92 Å². The summed E-state index contributed by atoms with van der Waals surface area (Å²) >= 11 is 0. The number of likely N-dealkylation sites (tertiary alicyclic amines) is 1. The molecule has 135 valence electrons. The summed E-state index contributed by atoms with van der Waals surface area (Å²) in [6.07, 6.45) is 5.44. The Balaban J connectivity index is -0.000000126. The van der Waals surface area contributed by atoms with E-state index < -0.39 is 0 Å². The first-order valence-electron chi connectivity index (χ1n) is 7.71. The van der Waals surface area contributed by atoms with Gasteiger partial charge >= 0.3 is 0 Å². The van der Waals surface area contributed by atoms with Gasteiger partial charge in [-0.2, -0.15) is 5.06 Å². The Kier molecular flexibility index (Phi) is 25.7. The molecule has 2 fully saturated rings. The van der Waals surface area contributed by atoms with E-state index in [-0.39, 0.29) is 55.0 Å². The van der Waals surface area contributed by atoms with E-state index in [2.05, 4.69) is 37.7 Å². The van der Waals surface area contributed by atoms with Gasteiger partial charge in [-0.3, -0.25) is 4.84 Å². The molecule has 2 rings (SSSR count). The molecular weight excluding hydrogens is 349 g/mol. The van der Waals surface area contributed by atoms with Gasteiger partial charge in [-0.1, -0.05) is 36.1 Å². The van der Waals surface area contributed by atoms with Crippen LogP contribution in [-0.4, -0.2) is 48.8 Å².